The van der Waals surface area contributed by atoms with Gasteiger partial charge in [0.1, 0.15) is 17.1 Å². The molecular formula is C30H33NO3. The van der Waals surface area contributed by atoms with E-state index in [1.165, 1.54) is 0 Å². The van der Waals surface area contributed by atoms with Crippen LogP contribution in [0.4, 0.5) is 0 Å². The first-order valence-corrected chi connectivity index (χ1v) is 12.2. The van der Waals surface area contributed by atoms with Crippen LogP contribution in [0.15, 0.2) is 77.2 Å². The van der Waals surface area contributed by atoms with Crippen molar-refractivity contribution in [1.82, 2.24) is 4.90 Å². The lowest BCUT2D eigenvalue weighted by Crippen LogP contribution is -2.25. The third-order valence-electron chi connectivity index (χ3n) is 6.33. The Balaban J connectivity index is 1.54. The first-order valence-electron chi connectivity index (χ1n) is 12.2. The normalized spacial score (nSPS) is 11.3. The van der Waals surface area contributed by atoms with Crippen molar-refractivity contribution in [2.75, 3.05) is 26.2 Å². The van der Waals surface area contributed by atoms with Crippen LogP contribution in [-0.2, 0) is 6.42 Å². The molecule has 0 amide bonds. The van der Waals surface area contributed by atoms with Crippen LogP contribution in [0.3, 0.4) is 0 Å². The summed E-state index contributed by atoms with van der Waals surface area (Å²) in [7, 11) is 0. The highest BCUT2D eigenvalue weighted by Gasteiger charge is 2.23. The van der Waals surface area contributed by atoms with E-state index in [2.05, 4.69) is 30.9 Å². The van der Waals surface area contributed by atoms with E-state index < -0.39 is 0 Å². The largest absolute Gasteiger partial charge is 0.494 e. The second-order valence-corrected chi connectivity index (χ2v) is 8.59. The Hall–Kier alpha value is -3.37. The molecule has 0 radical (unpaired) electrons. The van der Waals surface area contributed by atoms with Gasteiger partial charge in [0.25, 0.3) is 0 Å². The number of rotatable bonds is 11. The van der Waals surface area contributed by atoms with Gasteiger partial charge in [-0.25, -0.2) is 0 Å². The molecule has 1 heterocycles. The third-order valence-corrected chi connectivity index (χ3v) is 6.33. The van der Waals surface area contributed by atoms with E-state index in [0.717, 1.165) is 53.9 Å². The molecule has 0 atom stereocenters. The summed E-state index contributed by atoms with van der Waals surface area (Å²) >= 11 is 0. The summed E-state index contributed by atoms with van der Waals surface area (Å²) in [6.07, 6.45) is 1.55. The van der Waals surface area contributed by atoms with Gasteiger partial charge in [-0.2, -0.15) is 0 Å². The number of fused-ring (bicyclic) bond motifs is 1. The number of carbonyl (C=O) groups excluding carboxylic acids is 1. The lowest BCUT2D eigenvalue weighted by atomic mass is 9.95. The maximum atomic E-state index is 13.7. The molecule has 34 heavy (non-hydrogen) atoms. The molecule has 176 valence electrons. The van der Waals surface area contributed by atoms with Crippen LogP contribution < -0.4 is 4.74 Å². The third kappa shape index (κ3) is 5.40. The van der Waals surface area contributed by atoms with Crippen LogP contribution in [0.2, 0.25) is 0 Å². The molecule has 0 aliphatic carbocycles. The number of nitrogens with zero attached hydrogens (tertiary/aromatic N) is 1. The highest BCUT2D eigenvalue weighted by atomic mass is 16.5. The fourth-order valence-corrected chi connectivity index (χ4v) is 4.38. The quantitative estimate of drug-likeness (QED) is 0.187. The second kappa shape index (κ2) is 11.2. The zero-order valence-corrected chi connectivity index (χ0v) is 20.3. The highest BCUT2D eigenvalue weighted by molar-refractivity contribution is 6.17. The van der Waals surface area contributed by atoms with Crippen molar-refractivity contribution in [2.24, 2.45) is 0 Å². The molecule has 0 fully saturated rings. The summed E-state index contributed by atoms with van der Waals surface area (Å²) in [5.41, 5.74) is 4.20. The smallest absolute Gasteiger partial charge is 0.197 e. The molecule has 4 nitrogen and oxygen atoms in total. The van der Waals surface area contributed by atoms with E-state index in [9.17, 15) is 4.79 Å². The highest BCUT2D eigenvalue weighted by Crippen LogP contribution is 2.32. The Morgan fingerprint density at radius 1 is 0.912 bits per heavy atom. The topological polar surface area (TPSA) is 42.7 Å². The number of furan rings is 1. The first-order chi connectivity index (χ1) is 16.6. The molecule has 0 bridgehead atoms. The van der Waals surface area contributed by atoms with Crippen LogP contribution in [0.1, 0.15) is 53.1 Å². The molecule has 3 aromatic carbocycles. The maximum absolute atomic E-state index is 13.7. The molecule has 1 aromatic heterocycles. The van der Waals surface area contributed by atoms with Crippen molar-refractivity contribution in [3.05, 3.63) is 101 Å². The molecule has 4 rings (SSSR count). The Labute approximate surface area is 202 Å². The Kier molecular flexibility index (Phi) is 7.81. The van der Waals surface area contributed by atoms with Crippen LogP contribution in [0.5, 0.6) is 5.75 Å². The van der Waals surface area contributed by atoms with Crippen LogP contribution >= 0.6 is 0 Å². The van der Waals surface area contributed by atoms with Crippen molar-refractivity contribution >= 4 is 16.8 Å². The van der Waals surface area contributed by atoms with Crippen molar-refractivity contribution in [3.63, 3.8) is 0 Å². The minimum atomic E-state index is -0.0212. The van der Waals surface area contributed by atoms with Gasteiger partial charge in [-0.3, -0.25) is 4.79 Å². The molecular weight excluding hydrogens is 422 g/mol. The van der Waals surface area contributed by atoms with E-state index in [0.29, 0.717) is 29.9 Å². The van der Waals surface area contributed by atoms with Gasteiger partial charge >= 0.3 is 0 Å². The lowest BCUT2D eigenvalue weighted by molar-refractivity contribution is 0.103. The molecule has 0 N–H and O–H groups in total. The fourth-order valence-electron chi connectivity index (χ4n) is 4.38. The predicted octanol–water partition coefficient (Wildman–Crippen LogP) is 6.67. The molecule has 4 aromatic rings. The first kappa shape index (κ1) is 23.8. The minimum Gasteiger partial charge on any atom is -0.494 e. The number of hydrogen-bond donors (Lipinski definition) is 0. The van der Waals surface area contributed by atoms with E-state index in [-0.39, 0.29) is 5.78 Å². The average molecular weight is 456 g/mol. The van der Waals surface area contributed by atoms with Gasteiger partial charge in [0.05, 0.1) is 12.2 Å². The summed E-state index contributed by atoms with van der Waals surface area (Å²) in [6, 6.07) is 23.5. The second-order valence-electron chi connectivity index (χ2n) is 8.59. The summed E-state index contributed by atoms with van der Waals surface area (Å²) in [5.74, 6) is 1.47. The maximum Gasteiger partial charge on any atom is 0.197 e. The lowest BCUT2D eigenvalue weighted by Gasteiger charge is -2.17. The summed E-state index contributed by atoms with van der Waals surface area (Å²) in [4.78, 5) is 16.1. The number of aryl methyl sites for hydroxylation is 1. The Bertz CT molecular complexity index is 1220. The molecule has 0 aliphatic heterocycles. The standard InChI is InChI=1S/C30H33NO3/c1-4-31(5-2)19-10-20-33-25-17-15-24(16-18-25)30(32)29-27(21-23-12-7-6-8-13-23)34-26-14-9-11-22(3)28(26)29/h6-9,11-18H,4-5,10,19-21H2,1-3H3. The SMILES string of the molecule is CCN(CC)CCCOc1ccc(C(=O)c2c(Cc3ccccc3)oc3cccc(C)c23)cc1. The predicted molar refractivity (Wildman–Crippen MR) is 138 cm³/mol. The van der Waals surface area contributed by atoms with Crippen LogP contribution in [-0.4, -0.2) is 36.9 Å². The van der Waals surface area contributed by atoms with Gasteiger partial charge in [0.2, 0.25) is 0 Å². The molecule has 0 saturated heterocycles. The minimum absolute atomic E-state index is 0.0212. The van der Waals surface area contributed by atoms with Gasteiger partial charge in [0.15, 0.2) is 5.78 Å². The monoisotopic (exact) mass is 455 g/mol. The Morgan fingerprint density at radius 3 is 2.35 bits per heavy atom. The van der Waals surface area contributed by atoms with E-state index in [1.54, 1.807) is 0 Å². The van der Waals surface area contributed by atoms with Gasteiger partial charge in [0, 0.05) is 23.9 Å². The average Bonchev–Trinajstić information content (AvgIpc) is 3.24. The van der Waals surface area contributed by atoms with E-state index >= 15 is 0 Å². The van der Waals surface area contributed by atoms with E-state index in [4.69, 9.17) is 9.15 Å². The zero-order chi connectivity index (χ0) is 23.9. The zero-order valence-electron chi connectivity index (χ0n) is 20.3. The summed E-state index contributed by atoms with van der Waals surface area (Å²) < 4.78 is 12.1. The number of hydrogen-bond acceptors (Lipinski definition) is 4. The number of benzene rings is 3. The fraction of sp³-hybridized carbons (Fsp3) is 0.300. The number of carbonyl (C=O) groups is 1. The van der Waals surface area contributed by atoms with E-state index in [1.807, 2.05) is 67.6 Å². The Morgan fingerprint density at radius 2 is 1.65 bits per heavy atom. The van der Waals surface area contributed by atoms with Gasteiger partial charge in [-0.15, -0.1) is 0 Å². The van der Waals surface area contributed by atoms with Crippen molar-refractivity contribution in [1.29, 1.82) is 0 Å². The van der Waals surface area contributed by atoms with Crippen LogP contribution in [0.25, 0.3) is 11.0 Å². The summed E-state index contributed by atoms with van der Waals surface area (Å²) in [6.45, 7) is 10.2. The van der Waals surface area contributed by atoms with Crippen molar-refractivity contribution in [2.45, 2.75) is 33.6 Å². The van der Waals surface area contributed by atoms with Crippen molar-refractivity contribution in [3.8, 4) is 5.75 Å². The van der Waals surface area contributed by atoms with Gasteiger partial charge in [-0.1, -0.05) is 56.3 Å². The molecule has 0 aliphatic rings. The summed E-state index contributed by atoms with van der Waals surface area (Å²) in [5, 5.41) is 0.898. The molecule has 0 unspecified atom stereocenters. The van der Waals surface area contributed by atoms with Gasteiger partial charge in [-0.05, 0) is 67.9 Å². The van der Waals surface area contributed by atoms with Gasteiger partial charge < -0.3 is 14.1 Å². The molecule has 4 heteroatoms. The number of ether oxygens (including phenoxy) is 1. The number of ketones is 1. The molecule has 0 saturated carbocycles. The van der Waals surface area contributed by atoms with Crippen LogP contribution in [0, 0.1) is 6.92 Å². The molecule has 0 spiro atoms. The van der Waals surface area contributed by atoms with Crippen molar-refractivity contribution < 1.29 is 13.9 Å².